The number of aromatic nitrogens is 1. The van der Waals surface area contributed by atoms with E-state index in [0.717, 1.165) is 43.0 Å². The maximum atomic E-state index is 12.8. The molecule has 0 radical (unpaired) electrons. The van der Waals surface area contributed by atoms with Crippen molar-refractivity contribution in [2.75, 3.05) is 56.7 Å². The largest absolute Gasteiger partial charge is 0.492 e. The van der Waals surface area contributed by atoms with E-state index in [2.05, 4.69) is 27.1 Å². The lowest BCUT2D eigenvalue weighted by molar-refractivity contribution is 0.0527. The molecule has 0 spiro atoms. The Morgan fingerprint density at radius 3 is 2.50 bits per heavy atom. The lowest BCUT2D eigenvalue weighted by Crippen LogP contribution is -2.44. The van der Waals surface area contributed by atoms with E-state index >= 15 is 0 Å². The Morgan fingerprint density at radius 2 is 1.82 bits per heavy atom. The number of carbonyl (C=O) groups is 1. The van der Waals surface area contributed by atoms with Crippen LogP contribution in [0.25, 0.3) is 10.9 Å². The van der Waals surface area contributed by atoms with Gasteiger partial charge < -0.3 is 24.6 Å². The van der Waals surface area contributed by atoms with E-state index in [-0.39, 0.29) is 6.61 Å². The quantitative estimate of drug-likeness (QED) is 0.421. The molecule has 0 atom stereocenters. The molecule has 34 heavy (non-hydrogen) atoms. The van der Waals surface area contributed by atoms with Crippen LogP contribution >= 0.6 is 23.2 Å². The van der Waals surface area contributed by atoms with E-state index < -0.39 is 5.97 Å². The van der Waals surface area contributed by atoms with E-state index in [1.807, 2.05) is 25.1 Å². The van der Waals surface area contributed by atoms with Gasteiger partial charge in [-0.1, -0.05) is 23.2 Å². The van der Waals surface area contributed by atoms with Gasteiger partial charge in [-0.25, -0.2) is 4.79 Å². The van der Waals surface area contributed by atoms with Crippen LogP contribution in [0.5, 0.6) is 5.75 Å². The molecule has 1 aliphatic heterocycles. The fraction of sp³-hybridized carbons (Fsp3) is 0.360. The second-order valence-corrected chi connectivity index (χ2v) is 8.90. The van der Waals surface area contributed by atoms with Gasteiger partial charge in [0.2, 0.25) is 0 Å². The number of fused-ring (bicyclic) bond motifs is 1. The highest BCUT2D eigenvalue weighted by Gasteiger charge is 2.23. The van der Waals surface area contributed by atoms with Crippen LogP contribution in [0.15, 0.2) is 36.5 Å². The molecule has 2 aromatic carbocycles. The normalized spacial score (nSPS) is 14.3. The number of esters is 1. The van der Waals surface area contributed by atoms with Crippen LogP contribution in [-0.4, -0.2) is 62.3 Å². The summed E-state index contributed by atoms with van der Waals surface area (Å²) in [4.78, 5) is 22.0. The predicted octanol–water partition coefficient (Wildman–Crippen LogP) is 5.61. The molecule has 2 heterocycles. The molecule has 0 saturated carbocycles. The highest BCUT2D eigenvalue weighted by Crippen LogP contribution is 2.39. The van der Waals surface area contributed by atoms with Gasteiger partial charge in [0, 0.05) is 49.5 Å². The summed E-state index contributed by atoms with van der Waals surface area (Å²) >= 11 is 12.3. The average Bonchev–Trinajstić information content (AvgIpc) is 2.82. The molecule has 7 nitrogen and oxygen atoms in total. The number of benzene rings is 2. The summed E-state index contributed by atoms with van der Waals surface area (Å²) in [5.74, 6) is 0.325. The van der Waals surface area contributed by atoms with Gasteiger partial charge in [-0.15, -0.1) is 0 Å². The van der Waals surface area contributed by atoms with Crippen molar-refractivity contribution in [1.82, 2.24) is 9.88 Å². The SMILES string of the molecule is CCOC(=O)c1cnc2cc(OCC)c(N3CCN(C)CC3)cc2c1Nc1ccc(Cl)c(Cl)c1. The molecular weight excluding hydrogens is 475 g/mol. The smallest absolute Gasteiger partial charge is 0.341 e. The molecular formula is C25H28Cl2N4O3. The number of halogens is 2. The first-order valence-corrected chi connectivity index (χ1v) is 12.1. The van der Waals surface area contributed by atoms with Gasteiger partial charge in [0.25, 0.3) is 0 Å². The fourth-order valence-electron chi connectivity index (χ4n) is 3.99. The summed E-state index contributed by atoms with van der Waals surface area (Å²) in [7, 11) is 2.12. The molecule has 0 aliphatic carbocycles. The van der Waals surface area contributed by atoms with Crippen LogP contribution in [0.1, 0.15) is 24.2 Å². The van der Waals surface area contributed by atoms with Gasteiger partial charge in [0.05, 0.1) is 40.2 Å². The summed E-state index contributed by atoms with van der Waals surface area (Å²) in [5.41, 5.74) is 3.32. The Labute approximate surface area is 209 Å². The number of piperazine rings is 1. The molecule has 4 rings (SSSR count). The number of rotatable bonds is 7. The number of anilines is 3. The Kier molecular flexibility index (Phi) is 7.66. The number of nitrogens with zero attached hydrogens (tertiary/aromatic N) is 3. The number of ether oxygens (including phenoxy) is 2. The standard InChI is InChI=1S/C25H28Cl2N4O3/c1-4-33-23-14-21-17(13-22(23)31-10-8-30(3)9-11-31)24(18(15-28-21)25(32)34-5-2)29-16-6-7-19(26)20(27)12-16/h6-7,12-15H,4-5,8-11H2,1-3H3,(H,28,29). The molecule has 1 N–H and O–H groups in total. The third-order valence-electron chi connectivity index (χ3n) is 5.78. The molecule has 0 unspecified atom stereocenters. The average molecular weight is 503 g/mol. The third kappa shape index (κ3) is 5.17. The van der Waals surface area contributed by atoms with Gasteiger partial charge in [0.1, 0.15) is 11.3 Å². The maximum absolute atomic E-state index is 12.8. The molecule has 9 heteroatoms. The summed E-state index contributed by atoms with van der Waals surface area (Å²) in [6, 6.07) is 9.22. The number of likely N-dealkylation sites (N-methyl/N-ethyl adjacent to an activating group) is 1. The molecule has 1 saturated heterocycles. The molecule has 180 valence electrons. The minimum absolute atomic E-state index is 0.263. The molecule has 0 bridgehead atoms. The van der Waals surface area contributed by atoms with Crippen molar-refractivity contribution in [3.63, 3.8) is 0 Å². The highest BCUT2D eigenvalue weighted by atomic mass is 35.5. The highest BCUT2D eigenvalue weighted by molar-refractivity contribution is 6.42. The van der Waals surface area contributed by atoms with Crippen LogP contribution in [-0.2, 0) is 4.74 Å². The zero-order valence-corrected chi connectivity index (χ0v) is 21.0. The van der Waals surface area contributed by atoms with Crippen molar-refractivity contribution >= 4 is 57.1 Å². The first-order valence-electron chi connectivity index (χ1n) is 11.3. The van der Waals surface area contributed by atoms with Crippen molar-refractivity contribution in [3.8, 4) is 5.75 Å². The Bertz CT molecular complexity index is 1200. The number of pyridine rings is 1. The first kappa shape index (κ1) is 24.4. The zero-order valence-electron chi connectivity index (χ0n) is 19.5. The van der Waals surface area contributed by atoms with Gasteiger partial charge in [0.15, 0.2) is 0 Å². The van der Waals surface area contributed by atoms with Crippen molar-refractivity contribution in [2.24, 2.45) is 0 Å². The van der Waals surface area contributed by atoms with Crippen molar-refractivity contribution in [1.29, 1.82) is 0 Å². The van der Waals surface area contributed by atoms with Crippen LogP contribution in [0.2, 0.25) is 10.0 Å². The van der Waals surface area contributed by atoms with Gasteiger partial charge in [-0.05, 0) is 45.2 Å². The van der Waals surface area contributed by atoms with Crippen LogP contribution in [0, 0.1) is 0 Å². The summed E-state index contributed by atoms with van der Waals surface area (Å²) in [6.45, 7) is 8.22. The van der Waals surface area contributed by atoms with Gasteiger partial charge >= 0.3 is 5.97 Å². The van der Waals surface area contributed by atoms with E-state index in [1.165, 1.54) is 6.20 Å². The second-order valence-electron chi connectivity index (χ2n) is 8.08. The third-order valence-corrected chi connectivity index (χ3v) is 6.52. The maximum Gasteiger partial charge on any atom is 0.341 e. The van der Waals surface area contributed by atoms with E-state index in [0.29, 0.717) is 39.1 Å². The topological polar surface area (TPSA) is 66.9 Å². The summed E-state index contributed by atoms with van der Waals surface area (Å²) < 4.78 is 11.3. The van der Waals surface area contributed by atoms with Crippen LogP contribution in [0.3, 0.4) is 0 Å². The lowest BCUT2D eigenvalue weighted by Gasteiger charge is -2.35. The van der Waals surface area contributed by atoms with Crippen molar-refractivity contribution in [3.05, 3.63) is 52.1 Å². The summed E-state index contributed by atoms with van der Waals surface area (Å²) in [5, 5.41) is 5.02. The minimum Gasteiger partial charge on any atom is -0.492 e. The second kappa shape index (κ2) is 10.7. The van der Waals surface area contributed by atoms with Gasteiger partial charge in [-0.2, -0.15) is 0 Å². The molecule has 0 amide bonds. The Hall–Kier alpha value is -2.74. The number of carbonyl (C=O) groups excluding carboxylic acids is 1. The predicted molar refractivity (Wildman–Crippen MR) is 138 cm³/mol. The van der Waals surface area contributed by atoms with Crippen molar-refractivity contribution in [2.45, 2.75) is 13.8 Å². The number of hydrogen-bond donors (Lipinski definition) is 1. The Morgan fingerprint density at radius 1 is 1.06 bits per heavy atom. The first-order chi connectivity index (χ1) is 16.4. The van der Waals surface area contributed by atoms with E-state index in [9.17, 15) is 4.79 Å². The lowest BCUT2D eigenvalue weighted by atomic mass is 10.1. The number of nitrogens with one attached hydrogen (secondary N) is 1. The van der Waals surface area contributed by atoms with Crippen LogP contribution < -0.4 is 15.0 Å². The molecule has 1 aromatic heterocycles. The fourth-order valence-corrected chi connectivity index (χ4v) is 4.29. The summed E-state index contributed by atoms with van der Waals surface area (Å²) in [6.07, 6.45) is 1.53. The minimum atomic E-state index is -0.450. The van der Waals surface area contributed by atoms with E-state index in [4.69, 9.17) is 32.7 Å². The molecule has 1 aliphatic rings. The van der Waals surface area contributed by atoms with Crippen LogP contribution in [0.4, 0.5) is 17.1 Å². The monoisotopic (exact) mass is 502 g/mol. The zero-order chi connectivity index (χ0) is 24.2. The number of hydrogen-bond acceptors (Lipinski definition) is 7. The van der Waals surface area contributed by atoms with Gasteiger partial charge in [-0.3, -0.25) is 4.98 Å². The molecule has 3 aromatic rings. The Balaban J connectivity index is 1.88. The molecule has 1 fully saturated rings. The van der Waals surface area contributed by atoms with Crippen molar-refractivity contribution < 1.29 is 14.3 Å². The van der Waals surface area contributed by atoms with E-state index in [1.54, 1.807) is 19.1 Å².